The van der Waals surface area contributed by atoms with E-state index in [2.05, 4.69) is 36.6 Å². The number of likely N-dealkylation sites (N-methyl/N-ethyl adjacent to an activating group) is 1. The highest BCUT2D eigenvalue weighted by Gasteiger charge is 2.67. The van der Waals surface area contributed by atoms with Gasteiger partial charge >= 0.3 is 6.18 Å². The second-order valence-corrected chi connectivity index (χ2v) is 12.9. The lowest BCUT2D eigenvalue weighted by Crippen LogP contribution is -2.70. The SMILES string of the molecule is C[N+]1(CCc2ccccc2)CC[C@]23c4c5c(O)cc(NC(=O)C(=Cc6ccccc6)C(F)(F)F)c4O[C@H]2CCC[C@H]3[C@H]1C5. The molecule has 1 spiro atoms. The van der Waals surface area contributed by atoms with Crippen LogP contribution < -0.4 is 10.1 Å². The van der Waals surface area contributed by atoms with Crippen molar-refractivity contribution >= 4 is 17.7 Å². The Labute approximate surface area is 249 Å². The Morgan fingerprint density at radius 1 is 1.12 bits per heavy atom. The Kier molecular flexibility index (Phi) is 6.61. The minimum absolute atomic E-state index is 0.0174. The summed E-state index contributed by atoms with van der Waals surface area (Å²) in [4.78, 5) is 13.2. The van der Waals surface area contributed by atoms with Gasteiger partial charge in [-0.15, -0.1) is 0 Å². The van der Waals surface area contributed by atoms with Crippen molar-refractivity contribution in [1.82, 2.24) is 0 Å². The molecule has 7 rings (SSSR count). The molecule has 5 nitrogen and oxygen atoms in total. The molecular weight excluding hydrogens is 553 g/mol. The van der Waals surface area contributed by atoms with Crippen molar-refractivity contribution in [1.29, 1.82) is 0 Å². The molecule has 2 N–H and O–H groups in total. The normalized spacial score (nSPS) is 29.0. The maximum absolute atomic E-state index is 14.1. The summed E-state index contributed by atoms with van der Waals surface area (Å²) in [6.07, 6.45) is 1.31. The van der Waals surface area contributed by atoms with Gasteiger partial charge in [-0.2, -0.15) is 13.2 Å². The second kappa shape index (κ2) is 10.2. The molecule has 1 amide bonds. The number of hydrogen-bond donors (Lipinski definition) is 2. The largest absolute Gasteiger partial charge is 0.508 e. The van der Waals surface area contributed by atoms with E-state index in [1.54, 1.807) is 18.2 Å². The predicted octanol–water partition coefficient (Wildman–Crippen LogP) is 6.79. The molecule has 4 aliphatic rings. The van der Waals surface area contributed by atoms with Crippen molar-refractivity contribution in [2.24, 2.45) is 5.92 Å². The van der Waals surface area contributed by atoms with E-state index in [1.165, 1.54) is 23.8 Å². The lowest BCUT2D eigenvalue weighted by molar-refractivity contribution is -0.945. The van der Waals surface area contributed by atoms with Crippen molar-refractivity contribution in [3.05, 3.63) is 94.6 Å². The van der Waals surface area contributed by atoms with Gasteiger partial charge in [0.25, 0.3) is 5.91 Å². The Hall–Kier alpha value is -3.78. The van der Waals surface area contributed by atoms with Gasteiger partial charge in [0.2, 0.25) is 0 Å². The highest BCUT2D eigenvalue weighted by Crippen LogP contribution is 2.65. The van der Waals surface area contributed by atoms with Crippen LogP contribution in [-0.2, 0) is 23.1 Å². The average Bonchev–Trinajstić information content (AvgIpc) is 3.33. The second-order valence-electron chi connectivity index (χ2n) is 12.9. The topological polar surface area (TPSA) is 58.6 Å². The van der Waals surface area contributed by atoms with Gasteiger partial charge in [-0.25, -0.2) is 0 Å². The third kappa shape index (κ3) is 4.53. The zero-order chi connectivity index (χ0) is 30.0. The molecular formula is C35H36F3N2O3+. The number of piperidine rings is 1. The van der Waals surface area contributed by atoms with Crippen LogP contribution in [0.5, 0.6) is 11.5 Å². The lowest BCUT2D eigenvalue weighted by Gasteiger charge is -2.60. The van der Waals surface area contributed by atoms with Crippen LogP contribution in [0.25, 0.3) is 6.08 Å². The zero-order valence-corrected chi connectivity index (χ0v) is 24.2. The quantitative estimate of drug-likeness (QED) is 0.246. The van der Waals surface area contributed by atoms with Crippen molar-refractivity contribution < 1.29 is 32.3 Å². The number of aromatic hydroxyl groups is 1. The molecule has 1 unspecified atom stereocenters. The van der Waals surface area contributed by atoms with Crippen LogP contribution in [0.1, 0.15) is 47.9 Å². The summed E-state index contributed by atoms with van der Waals surface area (Å²) in [6.45, 7) is 1.96. The summed E-state index contributed by atoms with van der Waals surface area (Å²) >= 11 is 0. The van der Waals surface area contributed by atoms with Crippen LogP contribution in [0.3, 0.4) is 0 Å². The summed E-state index contributed by atoms with van der Waals surface area (Å²) in [7, 11) is 2.34. The smallest absolute Gasteiger partial charge is 0.421 e. The van der Waals surface area contributed by atoms with E-state index < -0.39 is 17.7 Å². The maximum Gasteiger partial charge on any atom is 0.421 e. The standard InChI is InChI=1S/C35H35F3N2O3/c1-40(17-15-22-9-4-2-5-10-22)18-16-34-25-13-8-14-30(34)43-32-27(21-29(41)24(31(32)34)20-28(25)40)39-33(42)26(35(36,37)38)19-23-11-6-3-7-12-23/h2-7,9-12,19,21,25,28,30H,8,13-18,20H2,1H3,(H-,39,41,42)/p+1/t25-,28+,30-,34+,40?/m0/s1. The summed E-state index contributed by atoms with van der Waals surface area (Å²) in [5.74, 6) is -0.479. The van der Waals surface area contributed by atoms with Crippen LogP contribution in [0.4, 0.5) is 18.9 Å². The van der Waals surface area contributed by atoms with Gasteiger partial charge in [0, 0.05) is 42.4 Å². The van der Waals surface area contributed by atoms with E-state index in [9.17, 15) is 23.1 Å². The molecule has 2 fully saturated rings. The molecule has 3 aromatic carbocycles. The summed E-state index contributed by atoms with van der Waals surface area (Å²) in [5.41, 5.74) is 1.84. The molecule has 2 heterocycles. The van der Waals surface area contributed by atoms with Gasteiger partial charge in [0.1, 0.15) is 23.2 Å². The third-order valence-corrected chi connectivity index (χ3v) is 10.7. The Morgan fingerprint density at radius 3 is 2.56 bits per heavy atom. The highest BCUT2D eigenvalue weighted by atomic mass is 19.4. The average molecular weight is 590 g/mol. The minimum atomic E-state index is -4.87. The lowest BCUT2D eigenvalue weighted by atomic mass is 9.51. The number of likely N-dealkylation sites (tertiary alicyclic amines) is 1. The van der Waals surface area contributed by atoms with Crippen LogP contribution in [0, 0.1) is 5.92 Å². The molecule has 43 heavy (non-hydrogen) atoms. The highest BCUT2D eigenvalue weighted by molar-refractivity contribution is 6.08. The molecule has 2 aliphatic carbocycles. The van der Waals surface area contributed by atoms with Crippen molar-refractivity contribution in [2.45, 2.75) is 62.3 Å². The number of phenolic OH excluding ortho intramolecular Hbond substituents is 1. The van der Waals surface area contributed by atoms with Crippen molar-refractivity contribution in [3.8, 4) is 11.5 Å². The van der Waals surface area contributed by atoms with Gasteiger partial charge in [-0.05, 0) is 36.5 Å². The zero-order valence-electron chi connectivity index (χ0n) is 24.2. The van der Waals surface area contributed by atoms with E-state index >= 15 is 0 Å². The summed E-state index contributed by atoms with van der Waals surface area (Å²) in [5, 5.41) is 13.9. The van der Waals surface area contributed by atoms with Crippen LogP contribution in [0.2, 0.25) is 0 Å². The Bertz CT molecular complexity index is 1590. The first-order valence-corrected chi connectivity index (χ1v) is 15.2. The molecule has 8 heteroatoms. The predicted molar refractivity (Wildman–Crippen MR) is 159 cm³/mol. The fourth-order valence-electron chi connectivity index (χ4n) is 8.64. The number of anilines is 1. The number of hydrogen-bond acceptors (Lipinski definition) is 3. The van der Waals surface area contributed by atoms with Crippen LogP contribution >= 0.6 is 0 Å². The first kappa shape index (κ1) is 28.0. The number of rotatable bonds is 6. The van der Waals surface area contributed by atoms with Gasteiger partial charge in [0.05, 0.1) is 37.3 Å². The number of ether oxygens (including phenoxy) is 1. The summed E-state index contributed by atoms with van der Waals surface area (Å²) in [6, 6.07) is 20.2. The number of benzene rings is 3. The molecule has 3 aromatic rings. The first-order chi connectivity index (χ1) is 20.6. The van der Waals surface area contributed by atoms with Gasteiger partial charge in [-0.1, -0.05) is 60.7 Å². The molecule has 2 bridgehead atoms. The molecule has 1 saturated heterocycles. The number of nitrogens with one attached hydrogen (secondary N) is 1. The molecule has 224 valence electrons. The van der Waals surface area contributed by atoms with Crippen LogP contribution in [-0.4, -0.2) is 54.0 Å². The number of phenols is 1. The number of quaternary nitrogens is 1. The molecule has 5 atom stereocenters. The Balaban J connectivity index is 1.25. The fraction of sp³-hybridized carbons (Fsp3) is 0.400. The van der Waals surface area contributed by atoms with Gasteiger partial charge in [0.15, 0.2) is 0 Å². The van der Waals surface area contributed by atoms with E-state index in [0.29, 0.717) is 24.1 Å². The monoisotopic (exact) mass is 589 g/mol. The van der Waals surface area contributed by atoms with Gasteiger partial charge < -0.3 is 19.6 Å². The first-order valence-electron chi connectivity index (χ1n) is 15.2. The molecule has 2 aliphatic heterocycles. The Morgan fingerprint density at radius 2 is 1.84 bits per heavy atom. The number of carbonyl (C=O) groups excluding carboxylic acids is 1. The summed E-state index contributed by atoms with van der Waals surface area (Å²) < 4.78 is 49.8. The number of halogens is 3. The van der Waals surface area contributed by atoms with E-state index in [4.69, 9.17) is 4.74 Å². The number of amides is 1. The van der Waals surface area contributed by atoms with Crippen LogP contribution in [0.15, 0.2) is 72.3 Å². The van der Waals surface area contributed by atoms with E-state index in [1.807, 2.05) is 6.07 Å². The van der Waals surface area contributed by atoms with Crippen molar-refractivity contribution in [2.75, 3.05) is 25.5 Å². The van der Waals surface area contributed by atoms with Gasteiger partial charge in [-0.3, -0.25) is 4.79 Å². The molecule has 0 radical (unpaired) electrons. The number of nitrogens with zero attached hydrogens (tertiary/aromatic N) is 1. The minimum Gasteiger partial charge on any atom is -0.508 e. The van der Waals surface area contributed by atoms with Crippen molar-refractivity contribution in [3.63, 3.8) is 0 Å². The van der Waals surface area contributed by atoms with E-state index in [-0.39, 0.29) is 28.5 Å². The maximum atomic E-state index is 14.1. The molecule has 0 aromatic heterocycles. The number of carbonyl (C=O) groups is 1. The molecule has 1 saturated carbocycles. The number of alkyl halides is 3. The van der Waals surface area contributed by atoms with E-state index in [0.717, 1.165) is 66.9 Å². The third-order valence-electron chi connectivity index (χ3n) is 10.7. The fourth-order valence-corrected chi connectivity index (χ4v) is 8.64.